The third kappa shape index (κ3) is 2.93. The highest BCUT2D eigenvalue weighted by molar-refractivity contribution is 8.28. The smallest absolute Gasteiger partial charge is 0.280 e. The normalized spacial score (nSPS) is 19.4. The Morgan fingerprint density at radius 2 is 1.85 bits per heavy atom. The summed E-state index contributed by atoms with van der Waals surface area (Å²) >= 11 is 0. The number of hydrogen-bond donors (Lipinski definition) is 1. The number of non-ortho nitro benzene ring substituents is 1. The number of fused-ring (bicyclic) bond motifs is 1. The Bertz CT molecular complexity index is 1120. The Hall–Kier alpha value is -3.26. The van der Waals surface area contributed by atoms with Crippen LogP contribution >= 0.6 is 10.5 Å². The van der Waals surface area contributed by atoms with E-state index in [0.29, 0.717) is 6.54 Å². The minimum atomic E-state index is -0.972. The second kappa shape index (κ2) is 6.48. The Labute approximate surface area is 156 Å². The lowest BCUT2D eigenvalue weighted by Crippen LogP contribution is -2.20. The van der Waals surface area contributed by atoms with Crippen molar-refractivity contribution in [3.05, 3.63) is 76.0 Å². The Morgan fingerprint density at radius 1 is 1.15 bits per heavy atom. The van der Waals surface area contributed by atoms with Gasteiger partial charge in [0.1, 0.15) is 5.25 Å². The van der Waals surface area contributed by atoms with Crippen molar-refractivity contribution in [3.8, 4) is 0 Å². The molecule has 2 unspecified atom stereocenters. The van der Waals surface area contributed by atoms with Crippen molar-refractivity contribution in [3.63, 3.8) is 0 Å². The van der Waals surface area contributed by atoms with Crippen molar-refractivity contribution in [1.29, 1.82) is 0 Å². The van der Waals surface area contributed by atoms with Crippen LogP contribution in [0.5, 0.6) is 0 Å². The summed E-state index contributed by atoms with van der Waals surface area (Å²) in [4.78, 5) is 34.5. The SMILES string of the molecule is C=S1C(=O)NC(=O)C1c1cn(Cc2ccc([N+](=O)[O-])cc2)c2ccccc12. The van der Waals surface area contributed by atoms with Gasteiger partial charge in [-0.3, -0.25) is 25.0 Å². The number of nitrogens with zero attached hydrogens (tertiary/aromatic N) is 2. The molecule has 0 saturated carbocycles. The van der Waals surface area contributed by atoms with Gasteiger partial charge in [-0.25, -0.2) is 0 Å². The van der Waals surface area contributed by atoms with Crippen LogP contribution in [0.15, 0.2) is 54.7 Å². The first-order valence-electron chi connectivity index (χ1n) is 8.14. The van der Waals surface area contributed by atoms with Crippen molar-refractivity contribution in [2.45, 2.75) is 11.8 Å². The topological polar surface area (TPSA) is 94.2 Å². The van der Waals surface area contributed by atoms with Crippen molar-refractivity contribution >= 4 is 44.1 Å². The van der Waals surface area contributed by atoms with E-state index in [1.165, 1.54) is 12.1 Å². The zero-order valence-electron chi connectivity index (χ0n) is 14.1. The van der Waals surface area contributed by atoms with Gasteiger partial charge in [-0.2, -0.15) is 0 Å². The summed E-state index contributed by atoms with van der Waals surface area (Å²) in [5.74, 6) is 3.55. The first-order valence-corrected chi connectivity index (χ1v) is 9.60. The molecule has 0 radical (unpaired) electrons. The molecular weight excluding hydrogens is 366 g/mol. The molecule has 3 aromatic rings. The van der Waals surface area contributed by atoms with Gasteiger partial charge in [0.15, 0.2) is 0 Å². The largest absolute Gasteiger partial charge is 0.343 e. The van der Waals surface area contributed by atoms with Gasteiger partial charge < -0.3 is 4.57 Å². The van der Waals surface area contributed by atoms with E-state index in [-0.39, 0.29) is 16.8 Å². The molecule has 1 aliphatic rings. The van der Waals surface area contributed by atoms with E-state index >= 15 is 0 Å². The number of carbonyl (C=O) groups is 2. The number of amides is 2. The predicted octanol–water partition coefficient (Wildman–Crippen LogP) is 3.59. The van der Waals surface area contributed by atoms with Gasteiger partial charge in [0.2, 0.25) is 5.91 Å². The lowest BCUT2D eigenvalue weighted by Gasteiger charge is -2.06. The lowest BCUT2D eigenvalue weighted by molar-refractivity contribution is -0.384. The molecule has 4 rings (SSSR count). The van der Waals surface area contributed by atoms with Crippen LogP contribution in [-0.4, -0.2) is 26.5 Å². The average molecular weight is 381 g/mol. The number of imide groups is 1. The van der Waals surface area contributed by atoms with Crippen LogP contribution in [0.2, 0.25) is 0 Å². The number of nitrogens with one attached hydrogen (secondary N) is 1. The molecule has 0 spiro atoms. The zero-order valence-corrected chi connectivity index (χ0v) is 14.9. The first kappa shape index (κ1) is 17.2. The summed E-state index contributed by atoms with van der Waals surface area (Å²) in [5.41, 5.74) is 2.64. The van der Waals surface area contributed by atoms with Crippen molar-refractivity contribution in [2.75, 3.05) is 0 Å². The molecule has 2 aromatic carbocycles. The summed E-state index contributed by atoms with van der Waals surface area (Å²) < 4.78 is 1.99. The fourth-order valence-electron chi connectivity index (χ4n) is 3.30. The highest BCUT2D eigenvalue weighted by Crippen LogP contribution is 2.42. The van der Waals surface area contributed by atoms with Gasteiger partial charge >= 0.3 is 0 Å². The molecule has 136 valence electrons. The maximum atomic E-state index is 12.3. The third-order valence-electron chi connectivity index (χ3n) is 4.59. The van der Waals surface area contributed by atoms with Crippen molar-refractivity contribution < 1.29 is 14.5 Å². The molecule has 0 aliphatic carbocycles. The summed E-state index contributed by atoms with van der Waals surface area (Å²) in [6.45, 7) is 0.492. The lowest BCUT2D eigenvalue weighted by atomic mass is 10.1. The maximum Gasteiger partial charge on any atom is 0.280 e. The fraction of sp³-hybridized carbons (Fsp3) is 0.105. The van der Waals surface area contributed by atoms with Crippen LogP contribution in [0.3, 0.4) is 0 Å². The van der Waals surface area contributed by atoms with Crippen LogP contribution < -0.4 is 5.32 Å². The number of benzene rings is 2. The van der Waals surface area contributed by atoms with Crippen LogP contribution in [0.1, 0.15) is 16.4 Å². The minimum Gasteiger partial charge on any atom is -0.343 e. The fourth-order valence-corrected chi connectivity index (χ4v) is 4.55. The van der Waals surface area contributed by atoms with Gasteiger partial charge in [0, 0.05) is 41.3 Å². The monoisotopic (exact) mass is 381 g/mol. The van der Waals surface area contributed by atoms with E-state index in [2.05, 4.69) is 11.2 Å². The van der Waals surface area contributed by atoms with Crippen LogP contribution in [0, 0.1) is 10.1 Å². The number of rotatable bonds is 4. The van der Waals surface area contributed by atoms with E-state index in [1.807, 2.05) is 35.0 Å². The van der Waals surface area contributed by atoms with E-state index in [0.717, 1.165) is 22.0 Å². The van der Waals surface area contributed by atoms with Gasteiger partial charge in [-0.05, 0) is 11.6 Å². The number of para-hydroxylation sites is 1. The second-order valence-corrected chi connectivity index (χ2v) is 7.94. The number of carbonyl (C=O) groups excluding carboxylic acids is 2. The van der Waals surface area contributed by atoms with Crippen molar-refractivity contribution in [2.24, 2.45) is 0 Å². The molecule has 8 heteroatoms. The van der Waals surface area contributed by atoms with Crippen molar-refractivity contribution in [1.82, 2.24) is 9.88 Å². The second-order valence-electron chi connectivity index (χ2n) is 6.24. The standard InChI is InChI=1S/C19H15N3O4S/c1-27-17(18(23)20-19(27)24)15-11-21(16-5-3-2-4-14(15)16)10-12-6-8-13(9-7-12)22(25)26/h2-9,11,17H,1,10H2,(H,20,23,24). The van der Waals surface area contributed by atoms with E-state index in [4.69, 9.17) is 0 Å². The number of nitro benzene ring substituents is 1. The van der Waals surface area contributed by atoms with Gasteiger partial charge in [0.25, 0.3) is 10.9 Å². The molecule has 1 N–H and O–H groups in total. The molecule has 2 heterocycles. The molecule has 1 aromatic heterocycles. The maximum absolute atomic E-state index is 12.3. The average Bonchev–Trinajstić information content (AvgIpc) is 3.12. The quantitative estimate of drug-likeness (QED) is 0.424. The van der Waals surface area contributed by atoms with Crippen LogP contribution in [-0.2, 0) is 11.3 Å². The molecular formula is C19H15N3O4S. The number of aromatic nitrogens is 1. The van der Waals surface area contributed by atoms with Gasteiger partial charge in [-0.1, -0.05) is 46.7 Å². The van der Waals surface area contributed by atoms with Crippen LogP contribution in [0.4, 0.5) is 10.5 Å². The molecule has 1 saturated heterocycles. The Morgan fingerprint density at radius 3 is 2.48 bits per heavy atom. The molecule has 7 nitrogen and oxygen atoms in total. The van der Waals surface area contributed by atoms with E-state index in [9.17, 15) is 19.7 Å². The zero-order chi connectivity index (χ0) is 19.1. The van der Waals surface area contributed by atoms with E-state index < -0.39 is 20.7 Å². The molecule has 1 fully saturated rings. The summed E-state index contributed by atoms with van der Waals surface area (Å²) in [6, 6.07) is 14.0. The highest BCUT2D eigenvalue weighted by atomic mass is 32.2. The van der Waals surface area contributed by atoms with Crippen LogP contribution in [0.25, 0.3) is 10.9 Å². The van der Waals surface area contributed by atoms with Gasteiger partial charge in [0.05, 0.1) is 4.92 Å². The predicted molar refractivity (Wildman–Crippen MR) is 105 cm³/mol. The third-order valence-corrected chi connectivity index (χ3v) is 6.20. The first-order chi connectivity index (χ1) is 13.0. The van der Waals surface area contributed by atoms with E-state index in [1.54, 1.807) is 12.1 Å². The molecule has 2 atom stereocenters. The molecule has 27 heavy (non-hydrogen) atoms. The van der Waals surface area contributed by atoms with Gasteiger partial charge in [-0.15, -0.1) is 0 Å². The number of nitro groups is 1. The number of hydrogen-bond acceptors (Lipinski definition) is 4. The summed E-state index contributed by atoms with van der Waals surface area (Å²) in [6.07, 6.45) is 1.88. The Balaban J connectivity index is 1.76. The Kier molecular flexibility index (Phi) is 4.12. The molecule has 1 aliphatic heterocycles. The highest BCUT2D eigenvalue weighted by Gasteiger charge is 2.37. The summed E-state index contributed by atoms with van der Waals surface area (Å²) in [5, 5.41) is 13.1. The summed E-state index contributed by atoms with van der Waals surface area (Å²) in [7, 11) is -0.972. The molecule has 0 bridgehead atoms. The molecule has 2 amide bonds. The minimum absolute atomic E-state index is 0.0408.